The first-order chi connectivity index (χ1) is 6.69. The molecule has 1 heterocycles. The van der Waals surface area contributed by atoms with E-state index in [2.05, 4.69) is 5.48 Å². The fourth-order valence-electron chi connectivity index (χ4n) is 1.31. The number of amides is 1. The van der Waals surface area contributed by atoms with Crippen molar-refractivity contribution < 1.29 is 19.1 Å². The topological polar surface area (TPSA) is 56.8 Å². The summed E-state index contributed by atoms with van der Waals surface area (Å²) in [5, 5.41) is 0. The molecule has 1 saturated heterocycles. The second-order valence-corrected chi connectivity index (χ2v) is 3.46. The average Bonchev–Trinajstić information content (AvgIpc) is 2.61. The van der Waals surface area contributed by atoms with Gasteiger partial charge in [0.2, 0.25) is 0 Å². The molecule has 0 spiro atoms. The van der Waals surface area contributed by atoms with Crippen LogP contribution in [0.15, 0.2) is 0 Å². The highest BCUT2D eigenvalue weighted by atomic mass is 16.7. The zero-order chi connectivity index (χ0) is 10.4. The minimum Gasteiger partial charge on any atom is -0.382 e. The molecule has 0 aromatic carbocycles. The third-order valence-corrected chi connectivity index (χ3v) is 2.25. The molecule has 0 radical (unpaired) electrons. The maximum Gasteiger partial charge on any atom is 0.275 e. The van der Waals surface area contributed by atoms with Gasteiger partial charge in [0, 0.05) is 13.7 Å². The predicted octanol–water partition coefficient (Wildman–Crippen LogP) is 0.250. The quantitative estimate of drug-likeness (QED) is 0.514. The molecule has 1 aliphatic rings. The molecule has 0 aromatic rings. The maximum atomic E-state index is 11.5. The summed E-state index contributed by atoms with van der Waals surface area (Å²) in [5.41, 5.74) is 1.64. The molecule has 1 rings (SSSR count). The average molecular weight is 203 g/mol. The Morgan fingerprint density at radius 1 is 1.57 bits per heavy atom. The Labute approximate surface area is 83.7 Å². The summed E-state index contributed by atoms with van der Waals surface area (Å²) in [6, 6.07) is 0. The molecule has 1 atom stereocenters. The number of hydroxylamine groups is 1. The lowest BCUT2D eigenvalue weighted by atomic mass is 10.0. The van der Waals surface area contributed by atoms with Gasteiger partial charge in [-0.25, -0.2) is 5.48 Å². The SMILES string of the molecule is COCCONC(=O)C1(C)CCCO1. The molecule has 1 aliphatic heterocycles. The first-order valence-corrected chi connectivity index (χ1v) is 4.74. The van der Waals surface area contributed by atoms with Crippen LogP contribution in [-0.4, -0.2) is 38.4 Å². The number of methoxy groups -OCH3 is 1. The van der Waals surface area contributed by atoms with Gasteiger partial charge in [0.1, 0.15) is 5.60 Å². The molecular weight excluding hydrogens is 186 g/mol. The second kappa shape index (κ2) is 5.29. The largest absolute Gasteiger partial charge is 0.382 e. The van der Waals surface area contributed by atoms with E-state index in [1.165, 1.54) is 0 Å². The van der Waals surface area contributed by atoms with Crippen molar-refractivity contribution in [1.82, 2.24) is 5.48 Å². The highest BCUT2D eigenvalue weighted by molar-refractivity contribution is 5.84. The van der Waals surface area contributed by atoms with Crippen LogP contribution in [0.3, 0.4) is 0 Å². The van der Waals surface area contributed by atoms with Gasteiger partial charge in [-0.1, -0.05) is 0 Å². The summed E-state index contributed by atoms with van der Waals surface area (Å²) in [5.74, 6) is -0.217. The van der Waals surface area contributed by atoms with Crippen molar-refractivity contribution in [2.75, 3.05) is 26.9 Å². The molecule has 1 fully saturated rings. The van der Waals surface area contributed by atoms with Gasteiger partial charge in [0.05, 0.1) is 13.2 Å². The van der Waals surface area contributed by atoms with Crippen LogP contribution < -0.4 is 5.48 Å². The highest BCUT2D eigenvalue weighted by Gasteiger charge is 2.37. The molecule has 0 saturated carbocycles. The van der Waals surface area contributed by atoms with Crippen LogP contribution in [0.4, 0.5) is 0 Å². The van der Waals surface area contributed by atoms with Crippen molar-refractivity contribution in [3.8, 4) is 0 Å². The van der Waals surface area contributed by atoms with E-state index >= 15 is 0 Å². The van der Waals surface area contributed by atoms with Gasteiger partial charge in [-0.05, 0) is 19.8 Å². The number of nitrogens with one attached hydrogen (secondary N) is 1. The number of rotatable bonds is 5. The van der Waals surface area contributed by atoms with Crippen LogP contribution in [0.5, 0.6) is 0 Å². The molecule has 1 amide bonds. The Kier molecular flexibility index (Phi) is 4.31. The van der Waals surface area contributed by atoms with Gasteiger partial charge in [0.25, 0.3) is 5.91 Å². The molecule has 5 nitrogen and oxygen atoms in total. The Bertz CT molecular complexity index is 189. The normalized spacial score (nSPS) is 26.4. The van der Waals surface area contributed by atoms with Gasteiger partial charge < -0.3 is 9.47 Å². The summed E-state index contributed by atoms with van der Waals surface area (Å²) >= 11 is 0. The summed E-state index contributed by atoms with van der Waals surface area (Å²) in [6.45, 7) is 3.22. The van der Waals surface area contributed by atoms with Crippen LogP contribution in [-0.2, 0) is 19.1 Å². The van der Waals surface area contributed by atoms with Crippen LogP contribution in [0.1, 0.15) is 19.8 Å². The Morgan fingerprint density at radius 3 is 2.93 bits per heavy atom. The molecule has 1 N–H and O–H groups in total. The van der Waals surface area contributed by atoms with Crippen molar-refractivity contribution in [2.45, 2.75) is 25.4 Å². The molecule has 0 bridgehead atoms. The lowest BCUT2D eigenvalue weighted by molar-refractivity contribution is -0.153. The van der Waals surface area contributed by atoms with Crippen molar-refractivity contribution in [3.05, 3.63) is 0 Å². The fourth-order valence-corrected chi connectivity index (χ4v) is 1.31. The van der Waals surface area contributed by atoms with E-state index in [-0.39, 0.29) is 5.91 Å². The van der Waals surface area contributed by atoms with E-state index < -0.39 is 5.60 Å². The first-order valence-electron chi connectivity index (χ1n) is 4.74. The van der Waals surface area contributed by atoms with E-state index in [1.807, 2.05) is 0 Å². The van der Waals surface area contributed by atoms with Crippen molar-refractivity contribution in [2.24, 2.45) is 0 Å². The number of hydrogen-bond donors (Lipinski definition) is 1. The zero-order valence-corrected chi connectivity index (χ0v) is 8.67. The van der Waals surface area contributed by atoms with E-state index in [4.69, 9.17) is 14.3 Å². The van der Waals surface area contributed by atoms with Crippen LogP contribution in [0.25, 0.3) is 0 Å². The van der Waals surface area contributed by atoms with Gasteiger partial charge in [-0.3, -0.25) is 9.63 Å². The number of carbonyl (C=O) groups excluding carboxylic acids is 1. The van der Waals surface area contributed by atoms with Gasteiger partial charge >= 0.3 is 0 Å². The summed E-state index contributed by atoms with van der Waals surface area (Å²) < 4.78 is 10.1. The van der Waals surface area contributed by atoms with Gasteiger partial charge in [-0.2, -0.15) is 0 Å². The Hall–Kier alpha value is -0.650. The number of hydrogen-bond acceptors (Lipinski definition) is 4. The van der Waals surface area contributed by atoms with E-state index in [0.717, 1.165) is 12.8 Å². The molecule has 0 aliphatic carbocycles. The number of ether oxygens (including phenoxy) is 2. The first kappa shape index (κ1) is 11.4. The lowest BCUT2D eigenvalue weighted by Gasteiger charge is -2.21. The summed E-state index contributed by atoms with van der Waals surface area (Å²) in [7, 11) is 1.58. The van der Waals surface area contributed by atoms with E-state index in [9.17, 15) is 4.79 Å². The van der Waals surface area contributed by atoms with E-state index in [1.54, 1.807) is 14.0 Å². The van der Waals surface area contributed by atoms with Crippen LogP contribution >= 0.6 is 0 Å². The number of carbonyl (C=O) groups is 1. The fraction of sp³-hybridized carbons (Fsp3) is 0.889. The van der Waals surface area contributed by atoms with Crippen molar-refractivity contribution in [3.63, 3.8) is 0 Å². The highest BCUT2D eigenvalue weighted by Crippen LogP contribution is 2.24. The Morgan fingerprint density at radius 2 is 2.36 bits per heavy atom. The lowest BCUT2D eigenvalue weighted by Crippen LogP contribution is -2.44. The van der Waals surface area contributed by atoms with Gasteiger partial charge in [0.15, 0.2) is 0 Å². The summed E-state index contributed by atoms with van der Waals surface area (Å²) in [4.78, 5) is 16.4. The maximum absolute atomic E-state index is 11.5. The molecule has 5 heteroatoms. The molecule has 82 valence electrons. The molecule has 0 aromatic heterocycles. The minimum absolute atomic E-state index is 0.217. The third kappa shape index (κ3) is 2.94. The summed E-state index contributed by atoms with van der Waals surface area (Å²) in [6.07, 6.45) is 1.66. The van der Waals surface area contributed by atoms with E-state index in [0.29, 0.717) is 19.8 Å². The molecular formula is C9H17NO4. The van der Waals surface area contributed by atoms with Crippen molar-refractivity contribution >= 4 is 5.91 Å². The zero-order valence-electron chi connectivity index (χ0n) is 8.67. The minimum atomic E-state index is -0.715. The predicted molar refractivity (Wildman–Crippen MR) is 49.6 cm³/mol. The van der Waals surface area contributed by atoms with Crippen molar-refractivity contribution in [1.29, 1.82) is 0 Å². The second-order valence-electron chi connectivity index (χ2n) is 3.46. The standard InChI is InChI=1S/C9H17NO4/c1-9(4-3-5-13-9)8(11)10-14-7-6-12-2/h3-7H2,1-2H3,(H,10,11). The monoisotopic (exact) mass is 203 g/mol. The van der Waals surface area contributed by atoms with Crippen LogP contribution in [0, 0.1) is 0 Å². The van der Waals surface area contributed by atoms with Gasteiger partial charge in [-0.15, -0.1) is 0 Å². The third-order valence-electron chi connectivity index (χ3n) is 2.25. The molecule has 1 unspecified atom stereocenters. The smallest absolute Gasteiger partial charge is 0.275 e. The van der Waals surface area contributed by atoms with Crippen LogP contribution in [0.2, 0.25) is 0 Å². The Balaban J connectivity index is 2.20. The molecule has 14 heavy (non-hydrogen) atoms.